The highest BCUT2D eigenvalue weighted by atomic mass is 32.2. The first-order valence-corrected chi connectivity index (χ1v) is 7.99. The standard InChI is InChI=1S/C15H10N2O3S2/c18-14-9-21-15(16-14)10-6-7-13(12(8-10)17(19)20)22-11-4-2-1-3-5-11/h1-9,18H. The minimum absolute atomic E-state index is 0.0287. The van der Waals surface area contributed by atoms with E-state index in [1.807, 2.05) is 30.3 Å². The summed E-state index contributed by atoms with van der Waals surface area (Å²) in [4.78, 5) is 16.4. The highest BCUT2D eigenvalue weighted by Crippen LogP contribution is 2.38. The lowest BCUT2D eigenvalue weighted by Crippen LogP contribution is -1.91. The summed E-state index contributed by atoms with van der Waals surface area (Å²) >= 11 is 2.59. The van der Waals surface area contributed by atoms with Crippen molar-refractivity contribution in [2.24, 2.45) is 0 Å². The Morgan fingerprint density at radius 1 is 1.18 bits per heavy atom. The molecule has 0 atom stereocenters. The number of rotatable bonds is 4. The number of nitro groups is 1. The average molecular weight is 330 g/mol. The van der Waals surface area contributed by atoms with Gasteiger partial charge in [-0.2, -0.15) is 0 Å². The van der Waals surface area contributed by atoms with Gasteiger partial charge in [-0.15, -0.1) is 11.3 Å². The van der Waals surface area contributed by atoms with Gasteiger partial charge in [0.25, 0.3) is 5.69 Å². The van der Waals surface area contributed by atoms with E-state index < -0.39 is 4.92 Å². The van der Waals surface area contributed by atoms with Crippen molar-refractivity contribution in [2.75, 3.05) is 0 Å². The second kappa shape index (κ2) is 6.17. The van der Waals surface area contributed by atoms with Crippen molar-refractivity contribution in [2.45, 2.75) is 9.79 Å². The lowest BCUT2D eigenvalue weighted by Gasteiger charge is -2.04. The zero-order valence-corrected chi connectivity index (χ0v) is 12.8. The van der Waals surface area contributed by atoms with E-state index in [1.54, 1.807) is 12.1 Å². The van der Waals surface area contributed by atoms with Crippen LogP contribution in [0, 0.1) is 10.1 Å². The molecule has 0 saturated carbocycles. The molecule has 0 bridgehead atoms. The van der Waals surface area contributed by atoms with Crippen LogP contribution in [0.25, 0.3) is 10.6 Å². The monoisotopic (exact) mass is 330 g/mol. The molecule has 3 rings (SSSR count). The summed E-state index contributed by atoms with van der Waals surface area (Å²) < 4.78 is 0. The van der Waals surface area contributed by atoms with Gasteiger partial charge in [0, 0.05) is 16.5 Å². The van der Waals surface area contributed by atoms with Gasteiger partial charge in [-0.05, 0) is 18.2 Å². The average Bonchev–Trinajstić information content (AvgIpc) is 2.95. The van der Waals surface area contributed by atoms with Gasteiger partial charge in [0.1, 0.15) is 5.01 Å². The van der Waals surface area contributed by atoms with Gasteiger partial charge >= 0.3 is 0 Å². The maximum atomic E-state index is 11.3. The van der Waals surface area contributed by atoms with Crippen LogP contribution >= 0.6 is 23.1 Å². The number of benzene rings is 2. The third-order valence-electron chi connectivity index (χ3n) is 2.87. The normalized spacial score (nSPS) is 10.5. The number of aromatic hydroxyl groups is 1. The van der Waals surface area contributed by atoms with E-state index in [0.29, 0.717) is 15.5 Å². The van der Waals surface area contributed by atoms with Crippen LogP contribution in [-0.2, 0) is 0 Å². The quantitative estimate of drug-likeness (QED) is 0.560. The Bertz CT molecular complexity index is 819. The maximum absolute atomic E-state index is 11.3. The molecule has 0 radical (unpaired) electrons. The highest BCUT2D eigenvalue weighted by Gasteiger charge is 2.17. The molecule has 3 aromatic rings. The molecule has 110 valence electrons. The van der Waals surface area contributed by atoms with Gasteiger partial charge in [-0.1, -0.05) is 36.0 Å². The second-order valence-electron chi connectivity index (χ2n) is 4.37. The van der Waals surface area contributed by atoms with E-state index in [9.17, 15) is 15.2 Å². The van der Waals surface area contributed by atoms with E-state index in [2.05, 4.69) is 4.98 Å². The molecule has 22 heavy (non-hydrogen) atoms. The van der Waals surface area contributed by atoms with E-state index in [4.69, 9.17) is 0 Å². The van der Waals surface area contributed by atoms with Crippen LogP contribution in [0.3, 0.4) is 0 Å². The minimum Gasteiger partial charge on any atom is -0.493 e. The Kier molecular flexibility index (Phi) is 4.08. The van der Waals surface area contributed by atoms with E-state index >= 15 is 0 Å². The molecule has 7 heteroatoms. The summed E-state index contributed by atoms with van der Waals surface area (Å²) in [6.07, 6.45) is 0. The lowest BCUT2D eigenvalue weighted by atomic mass is 10.2. The maximum Gasteiger partial charge on any atom is 0.283 e. The molecule has 1 aromatic heterocycles. The smallest absolute Gasteiger partial charge is 0.283 e. The van der Waals surface area contributed by atoms with Crippen LogP contribution < -0.4 is 0 Å². The number of thiazole rings is 1. The van der Waals surface area contributed by atoms with E-state index in [1.165, 1.54) is 34.5 Å². The number of nitrogens with zero attached hydrogens (tertiary/aromatic N) is 2. The van der Waals surface area contributed by atoms with Crippen molar-refractivity contribution in [3.05, 3.63) is 64.0 Å². The third kappa shape index (κ3) is 3.10. The Labute approximate surface area is 134 Å². The van der Waals surface area contributed by atoms with E-state index in [0.717, 1.165) is 4.90 Å². The summed E-state index contributed by atoms with van der Waals surface area (Å²) in [7, 11) is 0. The van der Waals surface area contributed by atoms with Crippen molar-refractivity contribution in [3.8, 4) is 16.5 Å². The molecular formula is C15H10N2O3S2. The van der Waals surface area contributed by atoms with Crippen molar-refractivity contribution >= 4 is 28.8 Å². The summed E-state index contributed by atoms with van der Waals surface area (Å²) in [5.41, 5.74) is 0.649. The summed E-state index contributed by atoms with van der Waals surface area (Å²) in [5, 5.41) is 22.7. The number of hydrogen-bond donors (Lipinski definition) is 1. The van der Waals surface area contributed by atoms with Crippen molar-refractivity contribution < 1.29 is 10.0 Å². The highest BCUT2D eigenvalue weighted by molar-refractivity contribution is 7.99. The summed E-state index contributed by atoms with van der Waals surface area (Å²) in [6.45, 7) is 0. The number of aromatic nitrogens is 1. The Morgan fingerprint density at radius 3 is 2.59 bits per heavy atom. The molecule has 1 heterocycles. The molecule has 2 aromatic carbocycles. The Hall–Kier alpha value is -2.38. The van der Waals surface area contributed by atoms with Gasteiger partial charge in [-0.3, -0.25) is 10.1 Å². The molecule has 0 saturated heterocycles. The summed E-state index contributed by atoms with van der Waals surface area (Å²) in [5.74, 6) is -0.0783. The molecule has 5 nitrogen and oxygen atoms in total. The van der Waals surface area contributed by atoms with E-state index in [-0.39, 0.29) is 11.6 Å². The Balaban J connectivity index is 1.99. The van der Waals surface area contributed by atoms with Crippen molar-refractivity contribution in [1.82, 2.24) is 4.98 Å². The molecule has 1 N–H and O–H groups in total. The van der Waals surface area contributed by atoms with Gasteiger partial charge in [0.2, 0.25) is 5.88 Å². The fraction of sp³-hybridized carbons (Fsp3) is 0. The number of hydrogen-bond acceptors (Lipinski definition) is 6. The molecule has 0 unspecified atom stereocenters. The fourth-order valence-corrected chi connectivity index (χ4v) is 3.49. The first kappa shape index (κ1) is 14.6. The third-order valence-corrected chi connectivity index (χ3v) is 4.82. The molecule has 0 amide bonds. The topological polar surface area (TPSA) is 76.3 Å². The summed E-state index contributed by atoms with van der Waals surface area (Å²) in [6, 6.07) is 14.5. The van der Waals surface area contributed by atoms with Crippen molar-refractivity contribution in [3.63, 3.8) is 0 Å². The zero-order valence-electron chi connectivity index (χ0n) is 11.2. The lowest BCUT2D eigenvalue weighted by molar-refractivity contribution is -0.387. The van der Waals surface area contributed by atoms with Gasteiger partial charge in [0.15, 0.2) is 0 Å². The largest absolute Gasteiger partial charge is 0.493 e. The van der Waals surface area contributed by atoms with Crippen molar-refractivity contribution in [1.29, 1.82) is 0 Å². The van der Waals surface area contributed by atoms with Crippen LogP contribution in [-0.4, -0.2) is 15.0 Å². The SMILES string of the molecule is O=[N+]([O-])c1cc(-c2nc(O)cs2)ccc1Sc1ccccc1. The van der Waals surface area contributed by atoms with Gasteiger partial charge in [0.05, 0.1) is 15.2 Å². The van der Waals surface area contributed by atoms with Crippen LogP contribution in [0.15, 0.2) is 63.7 Å². The molecule has 0 spiro atoms. The molecule has 0 fully saturated rings. The van der Waals surface area contributed by atoms with Crippen LogP contribution in [0.2, 0.25) is 0 Å². The second-order valence-corrected chi connectivity index (χ2v) is 6.34. The molecular weight excluding hydrogens is 320 g/mol. The molecule has 0 aliphatic rings. The van der Waals surface area contributed by atoms with Crippen LogP contribution in [0.5, 0.6) is 5.88 Å². The first-order valence-electron chi connectivity index (χ1n) is 6.30. The Morgan fingerprint density at radius 2 is 1.95 bits per heavy atom. The molecule has 0 aliphatic carbocycles. The fourth-order valence-electron chi connectivity index (χ4n) is 1.89. The predicted octanol–water partition coefficient (Wildman–Crippen LogP) is 4.58. The zero-order chi connectivity index (χ0) is 15.5. The van der Waals surface area contributed by atoms with Crippen LogP contribution in [0.1, 0.15) is 0 Å². The predicted molar refractivity (Wildman–Crippen MR) is 86.4 cm³/mol. The minimum atomic E-state index is -0.401. The first-order chi connectivity index (χ1) is 10.6. The van der Waals surface area contributed by atoms with Gasteiger partial charge < -0.3 is 5.11 Å². The van der Waals surface area contributed by atoms with Gasteiger partial charge in [-0.25, -0.2) is 4.98 Å². The van der Waals surface area contributed by atoms with Crippen LogP contribution in [0.4, 0.5) is 5.69 Å². The molecule has 0 aliphatic heterocycles. The number of nitro benzene ring substituents is 1.